The molecule has 7 nitrogen and oxygen atoms in total. The maximum atomic E-state index is 15.1. The number of nitrogens with zero attached hydrogens (tertiary/aromatic N) is 3. The highest BCUT2D eigenvalue weighted by Gasteiger charge is 2.39. The molecule has 0 unspecified atom stereocenters. The van der Waals surface area contributed by atoms with Crippen molar-refractivity contribution in [1.29, 1.82) is 0 Å². The van der Waals surface area contributed by atoms with Gasteiger partial charge in [-0.1, -0.05) is 74.0 Å². The van der Waals surface area contributed by atoms with E-state index in [1.807, 2.05) is 63.2 Å². The summed E-state index contributed by atoms with van der Waals surface area (Å²) in [6.45, 7) is 8.28. The van der Waals surface area contributed by atoms with Crippen molar-refractivity contribution in [2.75, 3.05) is 13.1 Å². The van der Waals surface area contributed by atoms with Crippen LogP contribution in [0.4, 0.5) is 4.39 Å². The Hall–Kier alpha value is -4.43. The molecule has 228 valence electrons. The second kappa shape index (κ2) is 13.1. The molecule has 1 aliphatic rings. The predicted octanol–water partition coefficient (Wildman–Crippen LogP) is 6.24. The van der Waals surface area contributed by atoms with Crippen LogP contribution < -0.4 is 5.73 Å². The number of carbonyl (C=O) groups is 2. The van der Waals surface area contributed by atoms with Crippen molar-refractivity contribution in [3.05, 3.63) is 96.1 Å². The van der Waals surface area contributed by atoms with E-state index in [-0.39, 0.29) is 23.6 Å². The zero-order valence-electron chi connectivity index (χ0n) is 25.7. The minimum absolute atomic E-state index is 0.182. The molecule has 1 amide bonds. The van der Waals surface area contributed by atoms with E-state index in [1.54, 1.807) is 29.4 Å². The first-order chi connectivity index (χ1) is 21.0. The van der Waals surface area contributed by atoms with Crippen molar-refractivity contribution in [2.24, 2.45) is 11.7 Å². The highest BCUT2D eigenvalue weighted by atomic mass is 19.1. The van der Waals surface area contributed by atoms with Crippen LogP contribution in [-0.4, -0.2) is 51.5 Å². The zero-order valence-corrected chi connectivity index (χ0v) is 25.7. The highest BCUT2D eigenvalue weighted by molar-refractivity contribution is 5.85. The SMILES string of the molecule is CCCc1ccc(-c2ccc(-c3cnc(-c4ccc(C[C@H](N)C(=O)N5CC(C(=O)OC(C)(C)C)C5)cc4)nc3)c(F)c2)cc1. The van der Waals surface area contributed by atoms with Gasteiger partial charge in [-0.2, -0.15) is 0 Å². The number of esters is 1. The van der Waals surface area contributed by atoms with E-state index >= 15 is 4.39 Å². The van der Waals surface area contributed by atoms with Crippen LogP contribution in [0.15, 0.2) is 79.1 Å². The first kappa shape index (κ1) is 31.0. The van der Waals surface area contributed by atoms with Crippen molar-refractivity contribution in [1.82, 2.24) is 14.9 Å². The van der Waals surface area contributed by atoms with Gasteiger partial charge in [-0.15, -0.1) is 0 Å². The van der Waals surface area contributed by atoms with E-state index in [4.69, 9.17) is 10.5 Å². The quantitative estimate of drug-likeness (QED) is 0.231. The van der Waals surface area contributed by atoms with Gasteiger partial charge in [0.25, 0.3) is 0 Å². The molecule has 2 N–H and O–H groups in total. The van der Waals surface area contributed by atoms with E-state index in [0.717, 1.165) is 35.1 Å². The van der Waals surface area contributed by atoms with Crippen molar-refractivity contribution in [3.8, 4) is 33.6 Å². The summed E-state index contributed by atoms with van der Waals surface area (Å²) in [6.07, 6.45) is 5.73. The molecule has 2 heterocycles. The number of halogens is 1. The molecule has 0 aliphatic carbocycles. The Morgan fingerprint density at radius 1 is 0.909 bits per heavy atom. The molecule has 44 heavy (non-hydrogen) atoms. The van der Waals surface area contributed by atoms with Gasteiger partial charge in [0.2, 0.25) is 5.91 Å². The van der Waals surface area contributed by atoms with Gasteiger partial charge in [0.1, 0.15) is 11.4 Å². The minimum atomic E-state index is -0.710. The van der Waals surface area contributed by atoms with Gasteiger partial charge in [0.15, 0.2) is 5.82 Å². The lowest BCUT2D eigenvalue weighted by atomic mass is 9.97. The number of benzene rings is 3. The fourth-order valence-electron chi connectivity index (χ4n) is 5.26. The number of hydrogen-bond donors (Lipinski definition) is 1. The molecule has 1 fully saturated rings. The molecule has 1 aromatic heterocycles. The third-order valence-electron chi connectivity index (χ3n) is 7.68. The molecule has 1 atom stereocenters. The third kappa shape index (κ3) is 7.37. The predicted molar refractivity (Wildman–Crippen MR) is 170 cm³/mol. The van der Waals surface area contributed by atoms with Crippen LogP contribution in [0.2, 0.25) is 0 Å². The highest BCUT2D eigenvalue weighted by Crippen LogP contribution is 2.29. The van der Waals surface area contributed by atoms with Crippen molar-refractivity contribution in [3.63, 3.8) is 0 Å². The van der Waals surface area contributed by atoms with Gasteiger partial charge in [-0.3, -0.25) is 9.59 Å². The lowest BCUT2D eigenvalue weighted by Crippen LogP contribution is -2.58. The summed E-state index contributed by atoms with van der Waals surface area (Å²) in [5, 5.41) is 0. The van der Waals surface area contributed by atoms with E-state index in [9.17, 15) is 9.59 Å². The molecule has 5 rings (SSSR count). The number of rotatable bonds is 9. The first-order valence-electron chi connectivity index (χ1n) is 15.1. The molecule has 0 radical (unpaired) electrons. The number of aromatic nitrogens is 2. The van der Waals surface area contributed by atoms with Crippen LogP contribution in [0.5, 0.6) is 0 Å². The Bertz CT molecular complexity index is 1610. The summed E-state index contributed by atoms with van der Waals surface area (Å²) in [6, 6.07) is 20.3. The van der Waals surface area contributed by atoms with Crippen LogP contribution in [0.25, 0.3) is 33.6 Å². The molecule has 1 aliphatic heterocycles. The minimum Gasteiger partial charge on any atom is -0.460 e. The van der Waals surface area contributed by atoms with Gasteiger partial charge in [-0.05, 0) is 61.9 Å². The summed E-state index contributed by atoms with van der Waals surface area (Å²) in [5.41, 5.74) is 11.5. The first-order valence-corrected chi connectivity index (χ1v) is 15.1. The number of likely N-dealkylation sites (tertiary alicyclic amines) is 1. The number of hydrogen-bond acceptors (Lipinski definition) is 6. The van der Waals surface area contributed by atoms with Crippen LogP contribution >= 0.6 is 0 Å². The average molecular weight is 595 g/mol. The molecular formula is C36H39FN4O3. The lowest BCUT2D eigenvalue weighted by molar-refractivity contribution is -0.168. The number of amides is 1. The number of nitrogens with two attached hydrogens (primary N) is 1. The van der Waals surface area contributed by atoms with Gasteiger partial charge in [0, 0.05) is 42.2 Å². The fourth-order valence-corrected chi connectivity index (χ4v) is 5.26. The van der Waals surface area contributed by atoms with Crippen LogP contribution in [0.1, 0.15) is 45.2 Å². The monoisotopic (exact) mass is 594 g/mol. The summed E-state index contributed by atoms with van der Waals surface area (Å²) in [5.74, 6) is -0.588. The summed E-state index contributed by atoms with van der Waals surface area (Å²) in [4.78, 5) is 35.5. The number of ether oxygens (including phenoxy) is 1. The second-order valence-electron chi connectivity index (χ2n) is 12.4. The Balaban J connectivity index is 1.17. The average Bonchev–Trinajstić information content (AvgIpc) is 2.96. The van der Waals surface area contributed by atoms with Crippen molar-refractivity contribution < 1.29 is 18.7 Å². The maximum Gasteiger partial charge on any atom is 0.313 e. The second-order valence-corrected chi connectivity index (χ2v) is 12.4. The zero-order chi connectivity index (χ0) is 31.4. The Kier molecular flexibility index (Phi) is 9.20. The normalized spacial score (nSPS) is 14.2. The Morgan fingerprint density at radius 3 is 2.09 bits per heavy atom. The van der Waals surface area contributed by atoms with Crippen LogP contribution in [-0.2, 0) is 27.2 Å². The molecule has 3 aromatic carbocycles. The molecule has 0 bridgehead atoms. The summed E-state index contributed by atoms with van der Waals surface area (Å²) in [7, 11) is 0. The number of carbonyl (C=O) groups excluding carboxylic acids is 2. The molecule has 1 saturated heterocycles. The Labute approximate surface area is 258 Å². The van der Waals surface area contributed by atoms with E-state index in [0.29, 0.717) is 36.5 Å². The summed E-state index contributed by atoms with van der Waals surface area (Å²) >= 11 is 0. The molecular weight excluding hydrogens is 555 g/mol. The van der Waals surface area contributed by atoms with Gasteiger partial charge >= 0.3 is 5.97 Å². The standard InChI is InChI=1S/C36H39FN4O3/c1-5-6-23-7-11-25(12-8-23)27-15-16-30(31(37)18-27)28-19-39-33(40-20-28)26-13-9-24(10-14-26)17-32(38)34(42)41-21-29(22-41)35(43)44-36(2,3)4/h7-16,18-20,29,32H,5-6,17,21-22,38H2,1-4H3/t32-/m0/s1. The smallest absolute Gasteiger partial charge is 0.313 e. The Morgan fingerprint density at radius 2 is 1.50 bits per heavy atom. The largest absolute Gasteiger partial charge is 0.460 e. The van der Waals surface area contributed by atoms with Gasteiger partial charge in [-0.25, -0.2) is 14.4 Å². The van der Waals surface area contributed by atoms with Crippen molar-refractivity contribution >= 4 is 11.9 Å². The fraction of sp³-hybridized carbons (Fsp3) is 0.333. The maximum absolute atomic E-state index is 15.1. The van der Waals surface area contributed by atoms with E-state index < -0.39 is 11.6 Å². The molecule has 4 aromatic rings. The molecule has 0 saturated carbocycles. The summed E-state index contributed by atoms with van der Waals surface area (Å²) < 4.78 is 20.5. The van der Waals surface area contributed by atoms with E-state index in [2.05, 4.69) is 29.0 Å². The van der Waals surface area contributed by atoms with Crippen molar-refractivity contribution in [2.45, 2.75) is 58.6 Å². The third-order valence-corrected chi connectivity index (χ3v) is 7.68. The lowest BCUT2D eigenvalue weighted by Gasteiger charge is -2.40. The molecule has 0 spiro atoms. The van der Waals surface area contributed by atoms with Gasteiger partial charge < -0.3 is 15.4 Å². The van der Waals surface area contributed by atoms with Crippen LogP contribution in [0.3, 0.4) is 0 Å². The molecule has 8 heteroatoms. The van der Waals surface area contributed by atoms with E-state index in [1.165, 1.54) is 5.56 Å². The topological polar surface area (TPSA) is 98.4 Å². The van der Waals surface area contributed by atoms with Crippen LogP contribution in [0, 0.1) is 11.7 Å². The van der Waals surface area contributed by atoms with Gasteiger partial charge in [0.05, 0.1) is 12.0 Å². The number of aryl methyl sites for hydroxylation is 1.